The van der Waals surface area contributed by atoms with Crippen LogP contribution in [-0.4, -0.2) is 62.6 Å². The summed E-state index contributed by atoms with van der Waals surface area (Å²) in [5.41, 5.74) is 4.34. The Labute approximate surface area is 246 Å². The first kappa shape index (κ1) is 28.1. The fourth-order valence-electron chi connectivity index (χ4n) is 4.60. The molecule has 0 bridgehead atoms. The SMILES string of the molecule is CC(CC1CO1)Oc1ccc(-c2ccc(OCC(O)COc3ccc(-c4ccc(OCC5CO5)cc4)cc3)cc2)cc1. The summed E-state index contributed by atoms with van der Waals surface area (Å²) in [6.07, 6.45) is 0.880. The highest BCUT2D eigenvalue weighted by Gasteiger charge is 2.25. The summed E-state index contributed by atoms with van der Waals surface area (Å²) in [6, 6.07) is 31.7. The first-order valence-corrected chi connectivity index (χ1v) is 14.4. The van der Waals surface area contributed by atoms with Crippen LogP contribution in [0.1, 0.15) is 13.3 Å². The maximum atomic E-state index is 10.4. The monoisotopic (exact) mass is 568 g/mol. The number of benzene rings is 4. The largest absolute Gasteiger partial charge is 0.491 e. The summed E-state index contributed by atoms with van der Waals surface area (Å²) in [7, 11) is 0. The Morgan fingerprint density at radius 1 is 0.595 bits per heavy atom. The first-order chi connectivity index (χ1) is 20.6. The third-order valence-electron chi connectivity index (χ3n) is 7.14. The van der Waals surface area contributed by atoms with Gasteiger partial charge < -0.3 is 33.5 Å². The van der Waals surface area contributed by atoms with Crippen LogP contribution in [-0.2, 0) is 9.47 Å². The predicted molar refractivity (Wildman–Crippen MR) is 160 cm³/mol. The Morgan fingerprint density at radius 2 is 0.976 bits per heavy atom. The average Bonchev–Trinajstić information content (AvgIpc) is 3.96. The minimum absolute atomic E-state index is 0.128. The molecule has 2 aliphatic rings. The normalized spacial score (nSPS) is 18.5. The van der Waals surface area contributed by atoms with Gasteiger partial charge in [-0.2, -0.15) is 0 Å². The van der Waals surface area contributed by atoms with Gasteiger partial charge in [-0.1, -0.05) is 48.5 Å². The molecule has 0 amide bonds. The molecule has 4 aromatic carbocycles. The van der Waals surface area contributed by atoms with E-state index in [0.717, 1.165) is 53.4 Å². The van der Waals surface area contributed by atoms with Crippen LogP contribution in [0.25, 0.3) is 22.3 Å². The van der Waals surface area contributed by atoms with Gasteiger partial charge in [0.15, 0.2) is 0 Å². The zero-order valence-corrected chi connectivity index (χ0v) is 23.7. The standard InChI is InChI=1S/C35H36O7/c1-24(18-34-21-40-34)42-33-16-8-28(9-17-33)27-4-12-31(13-5-27)38-20-29(36)19-37-30-10-2-25(3-11-30)26-6-14-32(15-7-26)39-22-35-23-41-35/h2-17,24,29,34-36H,18-23H2,1H3. The minimum Gasteiger partial charge on any atom is -0.491 e. The van der Waals surface area contributed by atoms with Crippen molar-refractivity contribution < 1.29 is 33.5 Å². The second-order valence-corrected chi connectivity index (χ2v) is 10.8. The fourth-order valence-corrected chi connectivity index (χ4v) is 4.60. The molecule has 218 valence electrons. The molecular weight excluding hydrogens is 532 g/mol. The molecule has 2 fully saturated rings. The van der Waals surface area contributed by atoms with Crippen LogP contribution < -0.4 is 18.9 Å². The van der Waals surface area contributed by atoms with Crippen LogP contribution in [0.15, 0.2) is 97.1 Å². The van der Waals surface area contributed by atoms with Crippen molar-refractivity contribution in [1.29, 1.82) is 0 Å². The number of aliphatic hydroxyl groups is 1. The van der Waals surface area contributed by atoms with Crippen molar-refractivity contribution in [2.75, 3.05) is 33.0 Å². The molecule has 0 spiro atoms. The summed E-state index contributed by atoms with van der Waals surface area (Å²) in [4.78, 5) is 0. The first-order valence-electron chi connectivity index (χ1n) is 14.4. The van der Waals surface area contributed by atoms with Crippen LogP contribution in [0.2, 0.25) is 0 Å². The summed E-state index contributed by atoms with van der Waals surface area (Å²) in [5, 5.41) is 10.4. The molecule has 0 saturated carbocycles. The number of hydrogen-bond donors (Lipinski definition) is 1. The lowest BCUT2D eigenvalue weighted by Crippen LogP contribution is -2.25. The predicted octanol–water partition coefficient (Wildman–Crippen LogP) is 6.17. The quantitative estimate of drug-likeness (QED) is 0.172. The van der Waals surface area contributed by atoms with Crippen molar-refractivity contribution in [3.63, 3.8) is 0 Å². The van der Waals surface area contributed by atoms with Gasteiger partial charge in [0.2, 0.25) is 0 Å². The molecule has 4 unspecified atom stereocenters. The topological polar surface area (TPSA) is 82.2 Å². The fraction of sp³-hybridized carbons (Fsp3) is 0.314. The molecule has 2 aliphatic heterocycles. The van der Waals surface area contributed by atoms with Gasteiger partial charge in [0.05, 0.1) is 25.4 Å². The Bertz CT molecular complexity index is 1390. The molecule has 7 heteroatoms. The van der Waals surface area contributed by atoms with Crippen LogP contribution in [0.4, 0.5) is 0 Å². The highest BCUT2D eigenvalue weighted by atomic mass is 16.6. The lowest BCUT2D eigenvalue weighted by atomic mass is 10.1. The molecule has 2 saturated heterocycles. The number of epoxide rings is 2. The maximum Gasteiger partial charge on any atom is 0.122 e. The van der Waals surface area contributed by atoms with Crippen molar-refractivity contribution >= 4 is 0 Å². The van der Waals surface area contributed by atoms with E-state index in [1.807, 2.05) is 84.9 Å². The Balaban J connectivity index is 0.919. The van der Waals surface area contributed by atoms with Gasteiger partial charge in [0.1, 0.15) is 55.0 Å². The molecule has 0 radical (unpaired) electrons. The van der Waals surface area contributed by atoms with Gasteiger partial charge in [-0.15, -0.1) is 0 Å². The number of rotatable bonds is 15. The van der Waals surface area contributed by atoms with Crippen molar-refractivity contribution in [2.45, 2.75) is 37.8 Å². The molecule has 1 N–H and O–H groups in total. The molecule has 7 nitrogen and oxygen atoms in total. The van der Waals surface area contributed by atoms with E-state index in [9.17, 15) is 5.11 Å². The highest BCUT2D eigenvalue weighted by molar-refractivity contribution is 5.65. The van der Waals surface area contributed by atoms with Crippen LogP contribution in [0.5, 0.6) is 23.0 Å². The van der Waals surface area contributed by atoms with Gasteiger partial charge in [0.25, 0.3) is 0 Å². The molecular formula is C35H36O7. The van der Waals surface area contributed by atoms with Gasteiger partial charge in [-0.05, 0) is 77.7 Å². The third-order valence-corrected chi connectivity index (χ3v) is 7.14. The summed E-state index contributed by atoms with van der Waals surface area (Å²) < 4.78 is 33.7. The van der Waals surface area contributed by atoms with Gasteiger partial charge >= 0.3 is 0 Å². The smallest absolute Gasteiger partial charge is 0.122 e. The molecule has 4 atom stereocenters. The zero-order chi connectivity index (χ0) is 28.7. The molecule has 2 heterocycles. The van der Waals surface area contributed by atoms with E-state index < -0.39 is 6.10 Å². The van der Waals surface area contributed by atoms with Crippen LogP contribution in [0.3, 0.4) is 0 Å². The zero-order valence-electron chi connectivity index (χ0n) is 23.7. The van der Waals surface area contributed by atoms with Crippen molar-refractivity contribution in [1.82, 2.24) is 0 Å². The van der Waals surface area contributed by atoms with E-state index in [-0.39, 0.29) is 25.4 Å². The van der Waals surface area contributed by atoms with Crippen LogP contribution in [0, 0.1) is 0 Å². The molecule has 0 aromatic heterocycles. The summed E-state index contributed by atoms with van der Waals surface area (Å²) in [5.74, 6) is 3.07. The van der Waals surface area contributed by atoms with Gasteiger partial charge in [0, 0.05) is 6.42 Å². The van der Waals surface area contributed by atoms with Crippen molar-refractivity contribution in [3.05, 3.63) is 97.1 Å². The number of hydrogen-bond acceptors (Lipinski definition) is 7. The van der Waals surface area contributed by atoms with Crippen molar-refractivity contribution in [3.8, 4) is 45.3 Å². The Morgan fingerprint density at radius 3 is 1.38 bits per heavy atom. The summed E-state index contributed by atoms with van der Waals surface area (Å²) in [6.45, 7) is 4.56. The molecule has 0 aliphatic carbocycles. The second-order valence-electron chi connectivity index (χ2n) is 10.8. The van der Waals surface area contributed by atoms with Gasteiger partial charge in [-0.25, -0.2) is 0 Å². The minimum atomic E-state index is -0.764. The van der Waals surface area contributed by atoms with E-state index in [4.69, 9.17) is 28.4 Å². The van der Waals surface area contributed by atoms with E-state index in [0.29, 0.717) is 24.2 Å². The lowest BCUT2D eigenvalue weighted by molar-refractivity contribution is 0.0626. The van der Waals surface area contributed by atoms with E-state index in [2.05, 4.69) is 19.1 Å². The number of aliphatic hydroxyl groups excluding tert-OH is 1. The average molecular weight is 569 g/mol. The lowest BCUT2D eigenvalue weighted by Gasteiger charge is -2.15. The Hall–Kier alpha value is -4.04. The van der Waals surface area contributed by atoms with E-state index in [1.165, 1.54) is 0 Å². The summed E-state index contributed by atoms with van der Waals surface area (Å²) >= 11 is 0. The van der Waals surface area contributed by atoms with Crippen LogP contribution >= 0.6 is 0 Å². The van der Waals surface area contributed by atoms with E-state index in [1.54, 1.807) is 0 Å². The molecule has 42 heavy (non-hydrogen) atoms. The molecule has 4 aromatic rings. The highest BCUT2D eigenvalue weighted by Crippen LogP contribution is 2.27. The molecule has 6 rings (SSSR count). The van der Waals surface area contributed by atoms with Gasteiger partial charge in [-0.3, -0.25) is 0 Å². The second kappa shape index (κ2) is 13.3. The Kier molecular flexibility index (Phi) is 8.89. The van der Waals surface area contributed by atoms with E-state index >= 15 is 0 Å². The number of ether oxygens (including phenoxy) is 6. The van der Waals surface area contributed by atoms with Crippen molar-refractivity contribution in [2.24, 2.45) is 0 Å². The third kappa shape index (κ3) is 8.26. The maximum absolute atomic E-state index is 10.4.